The van der Waals surface area contributed by atoms with Crippen LogP contribution in [0, 0.1) is 17.6 Å². The second-order valence-electron chi connectivity index (χ2n) is 8.83. The maximum absolute atomic E-state index is 14.6. The second kappa shape index (κ2) is 7.99. The number of β-amino-alcohol motifs (C(OH)–C–C–N with tert-alkyl or cyclic N) is 2. The van der Waals surface area contributed by atoms with Crippen LogP contribution in [0.3, 0.4) is 0 Å². The zero-order chi connectivity index (χ0) is 22.5. The van der Waals surface area contributed by atoms with E-state index in [0.717, 1.165) is 5.75 Å². The Morgan fingerprint density at radius 2 is 2.06 bits per heavy atom. The molecule has 0 unspecified atom stereocenters. The van der Waals surface area contributed by atoms with E-state index in [1.54, 1.807) is 0 Å². The van der Waals surface area contributed by atoms with Crippen molar-refractivity contribution >= 4 is 11.8 Å². The van der Waals surface area contributed by atoms with Crippen LogP contribution in [0.2, 0.25) is 0 Å². The monoisotopic (exact) mass is 446 g/mol. The van der Waals surface area contributed by atoms with Gasteiger partial charge in [0, 0.05) is 43.1 Å². The van der Waals surface area contributed by atoms with Gasteiger partial charge in [-0.2, -0.15) is 0 Å². The fourth-order valence-corrected chi connectivity index (χ4v) is 5.12. The third kappa shape index (κ3) is 3.80. The van der Waals surface area contributed by atoms with Gasteiger partial charge in [-0.3, -0.25) is 10.2 Å². The van der Waals surface area contributed by atoms with Crippen LogP contribution in [-0.4, -0.2) is 52.5 Å². The molecule has 9 heteroatoms. The molecule has 0 spiro atoms. The van der Waals surface area contributed by atoms with Crippen LogP contribution < -0.4 is 10.1 Å². The van der Waals surface area contributed by atoms with Crippen LogP contribution >= 0.6 is 0 Å². The molecule has 2 aromatic rings. The third-order valence-electron chi connectivity index (χ3n) is 6.60. The highest BCUT2D eigenvalue weighted by atomic mass is 19.2. The normalized spacial score (nSPS) is 27.9. The van der Waals surface area contributed by atoms with E-state index in [1.165, 1.54) is 6.07 Å². The summed E-state index contributed by atoms with van der Waals surface area (Å²) in [7, 11) is 0. The van der Waals surface area contributed by atoms with Gasteiger partial charge in [0.15, 0.2) is 11.6 Å². The maximum Gasteiger partial charge on any atom is 0.412 e. The molecule has 2 aliphatic heterocycles. The summed E-state index contributed by atoms with van der Waals surface area (Å²) in [5.74, 6) is -1.69. The van der Waals surface area contributed by atoms with Crippen molar-refractivity contribution in [3.05, 3.63) is 59.2 Å². The highest BCUT2D eigenvalue weighted by molar-refractivity contribution is 5.87. The molecule has 0 aromatic heterocycles. The Hall–Kier alpha value is -2.75. The van der Waals surface area contributed by atoms with Crippen LogP contribution in [0.5, 0.6) is 5.75 Å². The van der Waals surface area contributed by atoms with E-state index in [4.69, 9.17) is 9.47 Å². The third-order valence-corrected chi connectivity index (χ3v) is 6.60. The SMILES string of the molecule is O=C1Nc2c(cc([C@@H](O)CN3C[C@H]4C[C@H](Oc5ccccc5)C[C@@]4(O)C3)c(F)c2F)CO1. The van der Waals surface area contributed by atoms with Crippen LogP contribution in [-0.2, 0) is 11.3 Å². The maximum atomic E-state index is 14.6. The first-order valence-corrected chi connectivity index (χ1v) is 10.6. The van der Waals surface area contributed by atoms with Crippen molar-refractivity contribution in [3.63, 3.8) is 0 Å². The van der Waals surface area contributed by atoms with E-state index in [0.29, 0.717) is 25.9 Å². The number of likely N-dealkylation sites (tertiary alicyclic amines) is 1. The summed E-state index contributed by atoms with van der Waals surface area (Å²) in [4.78, 5) is 13.1. The van der Waals surface area contributed by atoms with Gasteiger partial charge in [0.1, 0.15) is 18.5 Å². The lowest BCUT2D eigenvalue weighted by molar-refractivity contribution is 0.0177. The number of carbonyl (C=O) groups excluding carboxylic acids is 1. The number of amides is 1. The lowest BCUT2D eigenvalue weighted by Crippen LogP contribution is -2.36. The number of benzene rings is 2. The molecule has 3 aliphatic rings. The van der Waals surface area contributed by atoms with Gasteiger partial charge in [-0.1, -0.05) is 18.2 Å². The number of ether oxygens (including phenoxy) is 2. The molecule has 0 bridgehead atoms. The number of halogens is 2. The zero-order valence-electron chi connectivity index (χ0n) is 17.3. The molecule has 5 rings (SSSR count). The van der Waals surface area contributed by atoms with Gasteiger partial charge in [-0.25, -0.2) is 13.6 Å². The molecular formula is C23H24F2N2O5. The standard InChI is InChI=1S/C23H24F2N2O5/c24-19-17(6-13-11-31-22(29)26-21(13)20(19)25)18(28)10-27-9-14-7-16(8-23(14,30)12-27)32-15-4-2-1-3-5-15/h1-6,14,16,18,28,30H,7-12H2,(H,26,29)/t14-,16+,18+,23-/m1/s1. The van der Waals surface area contributed by atoms with E-state index in [-0.39, 0.29) is 42.0 Å². The van der Waals surface area contributed by atoms with Crippen molar-refractivity contribution in [2.75, 3.05) is 25.0 Å². The lowest BCUT2D eigenvalue weighted by atomic mass is 9.95. The molecule has 1 amide bonds. The van der Waals surface area contributed by atoms with Gasteiger partial charge in [0.2, 0.25) is 0 Å². The van der Waals surface area contributed by atoms with Gasteiger partial charge in [-0.05, 0) is 24.6 Å². The summed E-state index contributed by atoms with van der Waals surface area (Å²) >= 11 is 0. The molecule has 2 heterocycles. The molecule has 2 fully saturated rings. The molecule has 3 N–H and O–H groups in total. The Morgan fingerprint density at radius 3 is 2.81 bits per heavy atom. The number of aliphatic hydroxyl groups is 2. The minimum absolute atomic E-state index is 0.0304. The minimum atomic E-state index is -1.30. The average molecular weight is 446 g/mol. The molecule has 4 atom stereocenters. The van der Waals surface area contributed by atoms with Crippen molar-refractivity contribution in [1.82, 2.24) is 4.90 Å². The number of cyclic esters (lactones) is 1. The van der Waals surface area contributed by atoms with Crippen LogP contribution in [0.4, 0.5) is 19.3 Å². The molecule has 1 aliphatic carbocycles. The number of nitrogens with zero attached hydrogens (tertiary/aromatic N) is 1. The fraction of sp³-hybridized carbons (Fsp3) is 0.435. The largest absolute Gasteiger partial charge is 0.490 e. The molecule has 32 heavy (non-hydrogen) atoms. The summed E-state index contributed by atoms with van der Waals surface area (Å²) in [5.41, 5.74) is -1.15. The molecule has 1 saturated heterocycles. The van der Waals surface area contributed by atoms with Crippen molar-refractivity contribution in [3.8, 4) is 5.75 Å². The number of para-hydroxylation sites is 1. The summed E-state index contributed by atoms with van der Waals surface area (Å²) in [5, 5.41) is 23.9. The smallest absolute Gasteiger partial charge is 0.412 e. The lowest BCUT2D eigenvalue weighted by Gasteiger charge is -2.26. The Labute approximate surface area is 183 Å². The molecular weight excluding hydrogens is 422 g/mol. The summed E-state index contributed by atoms with van der Waals surface area (Å²) in [6.45, 7) is 0.686. The molecule has 1 saturated carbocycles. The quantitative estimate of drug-likeness (QED) is 0.654. The molecule has 2 aromatic carbocycles. The first kappa shape index (κ1) is 21.1. The van der Waals surface area contributed by atoms with E-state index in [1.807, 2.05) is 35.2 Å². The first-order chi connectivity index (χ1) is 15.3. The second-order valence-corrected chi connectivity index (χ2v) is 8.83. The number of aliphatic hydroxyl groups excluding tert-OH is 1. The van der Waals surface area contributed by atoms with Gasteiger partial charge >= 0.3 is 6.09 Å². The first-order valence-electron chi connectivity index (χ1n) is 10.6. The topological polar surface area (TPSA) is 91.3 Å². The summed E-state index contributed by atoms with van der Waals surface area (Å²) in [6, 6.07) is 10.8. The number of hydrogen-bond acceptors (Lipinski definition) is 6. The van der Waals surface area contributed by atoms with Gasteiger partial charge in [-0.15, -0.1) is 0 Å². The fourth-order valence-electron chi connectivity index (χ4n) is 5.12. The number of carbonyl (C=O) groups is 1. The van der Waals surface area contributed by atoms with E-state index in [9.17, 15) is 23.8 Å². The number of nitrogens with one attached hydrogen (secondary N) is 1. The van der Waals surface area contributed by atoms with E-state index >= 15 is 0 Å². The minimum Gasteiger partial charge on any atom is -0.490 e. The Morgan fingerprint density at radius 1 is 1.28 bits per heavy atom. The predicted octanol–water partition coefficient (Wildman–Crippen LogP) is 2.96. The molecule has 170 valence electrons. The van der Waals surface area contributed by atoms with Crippen molar-refractivity contribution in [2.45, 2.75) is 37.3 Å². The Kier molecular flexibility index (Phi) is 5.27. The van der Waals surface area contributed by atoms with Crippen LogP contribution in [0.15, 0.2) is 36.4 Å². The van der Waals surface area contributed by atoms with Crippen molar-refractivity contribution in [2.24, 2.45) is 5.92 Å². The highest BCUT2D eigenvalue weighted by Crippen LogP contribution is 2.43. The zero-order valence-corrected chi connectivity index (χ0v) is 17.3. The van der Waals surface area contributed by atoms with Gasteiger partial charge < -0.3 is 19.7 Å². The van der Waals surface area contributed by atoms with E-state index < -0.39 is 29.4 Å². The number of anilines is 1. The van der Waals surface area contributed by atoms with E-state index in [2.05, 4.69) is 5.32 Å². The molecule has 0 radical (unpaired) electrons. The number of rotatable bonds is 5. The Balaban J connectivity index is 1.24. The van der Waals surface area contributed by atoms with Crippen molar-refractivity contribution in [1.29, 1.82) is 0 Å². The van der Waals surface area contributed by atoms with Crippen molar-refractivity contribution < 1.29 is 33.3 Å². The number of fused-ring (bicyclic) bond motifs is 2. The Bertz CT molecular complexity index is 1040. The summed E-state index contributed by atoms with van der Waals surface area (Å²) in [6.07, 6.45) is -1.10. The number of hydrogen-bond donors (Lipinski definition) is 3. The van der Waals surface area contributed by atoms with Crippen LogP contribution in [0.25, 0.3) is 0 Å². The predicted molar refractivity (Wildman–Crippen MR) is 110 cm³/mol. The molecule has 7 nitrogen and oxygen atoms in total. The average Bonchev–Trinajstić information content (AvgIpc) is 3.21. The van der Waals surface area contributed by atoms with Gasteiger partial charge in [0.05, 0.1) is 17.4 Å². The van der Waals surface area contributed by atoms with Crippen LogP contribution in [0.1, 0.15) is 30.1 Å². The summed E-state index contributed by atoms with van der Waals surface area (Å²) < 4.78 is 39.8. The van der Waals surface area contributed by atoms with Gasteiger partial charge in [0.25, 0.3) is 0 Å². The highest BCUT2D eigenvalue weighted by Gasteiger charge is 2.53.